The van der Waals surface area contributed by atoms with Crippen molar-refractivity contribution in [3.8, 4) is 0 Å². The van der Waals surface area contributed by atoms with Gasteiger partial charge in [-0.25, -0.2) is 0 Å². The van der Waals surface area contributed by atoms with Crippen LogP contribution in [-0.2, 0) is 11.3 Å². The van der Waals surface area contributed by atoms with Gasteiger partial charge >= 0.3 is 0 Å². The van der Waals surface area contributed by atoms with Crippen molar-refractivity contribution in [2.24, 2.45) is 0 Å². The lowest BCUT2D eigenvalue weighted by Crippen LogP contribution is -2.36. The van der Waals surface area contributed by atoms with E-state index in [1.165, 1.54) is 11.3 Å². The van der Waals surface area contributed by atoms with E-state index >= 15 is 0 Å². The number of halogens is 1. The summed E-state index contributed by atoms with van der Waals surface area (Å²) >= 11 is 6.11. The van der Waals surface area contributed by atoms with Crippen molar-refractivity contribution in [2.45, 2.75) is 34.2 Å². The first kappa shape index (κ1) is 18.3. The standard InChI is InChI=1S/C18H25ClN4O/c1-5-22(16-9-7-6-8-13(16)2)11-10-20-17(24)12-23-15(4)18(19)14(3)21-23/h6-9H,5,10-12H2,1-4H3,(H,20,24). The number of carbonyl (C=O) groups excluding carboxylic acids is 1. The van der Waals surface area contributed by atoms with Crippen molar-refractivity contribution in [2.75, 3.05) is 24.5 Å². The fourth-order valence-corrected chi connectivity index (χ4v) is 2.85. The predicted molar refractivity (Wildman–Crippen MR) is 98.8 cm³/mol. The van der Waals surface area contributed by atoms with Gasteiger partial charge in [0.2, 0.25) is 5.91 Å². The van der Waals surface area contributed by atoms with E-state index in [0.29, 0.717) is 11.6 Å². The van der Waals surface area contributed by atoms with Gasteiger partial charge in [0.15, 0.2) is 0 Å². The van der Waals surface area contributed by atoms with Crippen LogP contribution in [0.1, 0.15) is 23.9 Å². The van der Waals surface area contributed by atoms with Crippen LogP contribution in [0, 0.1) is 20.8 Å². The molecule has 6 heteroatoms. The van der Waals surface area contributed by atoms with Crippen LogP contribution in [0.25, 0.3) is 0 Å². The number of aromatic nitrogens is 2. The maximum Gasteiger partial charge on any atom is 0.241 e. The van der Waals surface area contributed by atoms with Crippen LogP contribution in [0.2, 0.25) is 5.02 Å². The molecule has 1 N–H and O–H groups in total. The third kappa shape index (κ3) is 4.29. The number of anilines is 1. The van der Waals surface area contributed by atoms with Crippen molar-refractivity contribution in [1.82, 2.24) is 15.1 Å². The first-order valence-corrected chi connectivity index (χ1v) is 8.58. The molecule has 5 nitrogen and oxygen atoms in total. The van der Waals surface area contributed by atoms with Gasteiger partial charge in [-0.2, -0.15) is 5.10 Å². The van der Waals surface area contributed by atoms with E-state index in [4.69, 9.17) is 11.6 Å². The van der Waals surface area contributed by atoms with Gasteiger partial charge in [0, 0.05) is 25.3 Å². The zero-order chi connectivity index (χ0) is 17.7. The summed E-state index contributed by atoms with van der Waals surface area (Å²) in [7, 11) is 0. The highest BCUT2D eigenvalue weighted by atomic mass is 35.5. The Morgan fingerprint density at radius 2 is 2.00 bits per heavy atom. The minimum atomic E-state index is -0.0573. The highest BCUT2D eigenvalue weighted by Gasteiger charge is 2.12. The number of nitrogens with one attached hydrogen (secondary N) is 1. The first-order chi connectivity index (χ1) is 11.4. The Kier molecular flexibility index (Phi) is 6.26. The van der Waals surface area contributed by atoms with E-state index in [-0.39, 0.29) is 12.5 Å². The number of hydrogen-bond donors (Lipinski definition) is 1. The third-order valence-electron chi connectivity index (χ3n) is 4.13. The van der Waals surface area contributed by atoms with Crippen LogP contribution in [0.5, 0.6) is 0 Å². The fourth-order valence-electron chi connectivity index (χ4n) is 2.72. The first-order valence-electron chi connectivity index (χ1n) is 8.20. The second kappa shape index (κ2) is 8.20. The number of benzene rings is 1. The molecule has 0 spiro atoms. The number of carbonyl (C=O) groups is 1. The normalized spacial score (nSPS) is 10.7. The number of rotatable bonds is 7. The molecule has 0 atom stereocenters. The SMILES string of the molecule is CCN(CCNC(=O)Cn1nc(C)c(Cl)c1C)c1ccccc1C. The number of nitrogens with zero attached hydrogens (tertiary/aromatic N) is 3. The molecular weight excluding hydrogens is 324 g/mol. The van der Waals surface area contributed by atoms with Crippen LogP contribution in [0.15, 0.2) is 24.3 Å². The van der Waals surface area contributed by atoms with Gasteiger partial charge in [0.05, 0.1) is 16.4 Å². The molecule has 130 valence electrons. The summed E-state index contributed by atoms with van der Waals surface area (Å²) in [5.41, 5.74) is 4.01. The number of hydrogen-bond acceptors (Lipinski definition) is 3. The van der Waals surface area contributed by atoms with E-state index in [9.17, 15) is 4.79 Å². The Hall–Kier alpha value is -2.01. The van der Waals surface area contributed by atoms with Gasteiger partial charge in [-0.1, -0.05) is 29.8 Å². The molecule has 1 heterocycles. The predicted octanol–water partition coefficient (Wildman–Crippen LogP) is 3.10. The molecule has 0 unspecified atom stereocenters. The Morgan fingerprint density at radius 1 is 1.29 bits per heavy atom. The average Bonchev–Trinajstić information content (AvgIpc) is 2.79. The highest BCUT2D eigenvalue weighted by Crippen LogP contribution is 2.19. The number of likely N-dealkylation sites (N-methyl/N-ethyl adjacent to an activating group) is 1. The summed E-state index contributed by atoms with van der Waals surface area (Å²) in [6, 6.07) is 8.28. The third-order valence-corrected chi connectivity index (χ3v) is 4.68. The molecule has 0 bridgehead atoms. The average molecular weight is 349 g/mol. The Bertz CT molecular complexity index is 711. The summed E-state index contributed by atoms with van der Waals surface area (Å²) in [6.07, 6.45) is 0. The van der Waals surface area contributed by atoms with E-state index in [1.54, 1.807) is 4.68 Å². The van der Waals surface area contributed by atoms with Crippen molar-refractivity contribution >= 4 is 23.2 Å². The molecule has 0 saturated heterocycles. The van der Waals surface area contributed by atoms with Crippen LogP contribution >= 0.6 is 11.6 Å². The summed E-state index contributed by atoms with van der Waals surface area (Å²) in [6.45, 7) is 10.4. The van der Waals surface area contributed by atoms with Crippen molar-refractivity contribution < 1.29 is 4.79 Å². The molecule has 1 aromatic heterocycles. The van der Waals surface area contributed by atoms with Crippen LogP contribution in [-0.4, -0.2) is 35.3 Å². The van der Waals surface area contributed by atoms with Gasteiger partial charge in [0.25, 0.3) is 0 Å². The monoisotopic (exact) mass is 348 g/mol. The van der Waals surface area contributed by atoms with Crippen LogP contribution in [0.3, 0.4) is 0 Å². The minimum Gasteiger partial charge on any atom is -0.370 e. The second-order valence-corrected chi connectivity index (χ2v) is 6.24. The van der Waals surface area contributed by atoms with Crippen LogP contribution < -0.4 is 10.2 Å². The van der Waals surface area contributed by atoms with Gasteiger partial charge in [0.1, 0.15) is 6.54 Å². The summed E-state index contributed by atoms with van der Waals surface area (Å²) in [5.74, 6) is -0.0573. The topological polar surface area (TPSA) is 50.2 Å². The molecule has 0 aliphatic carbocycles. The van der Waals surface area contributed by atoms with Gasteiger partial charge in [-0.05, 0) is 39.3 Å². The number of aryl methyl sites for hydroxylation is 2. The largest absolute Gasteiger partial charge is 0.370 e. The fraction of sp³-hybridized carbons (Fsp3) is 0.444. The van der Waals surface area contributed by atoms with Crippen LogP contribution in [0.4, 0.5) is 5.69 Å². The smallest absolute Gasteiger partial charge is 0.241 e. The summed E-state index contributed by atoms with van der Waals surface area (Å²) < 4.78 is 1.64. The quantitative estimate of drug-likeness (QED) is 0.836. The zero-order valence-electron chi connectivity index (χ0n) is 14.8. The molecule has 0 saturated carbocycles. The Balaban J connectivity index is 1.87. The van der Waals surface area contributed by atoms with Gasteiger partial charge in [-0.3, -0.25) is 9.48 Å². The zero-order valence-corrected chi connectivity index (χ0v) is 15.5. The van der Waals surface area contributed by atoms with E-state index in [1.807, 2.05) is 26.0 Å². The Morgan fingerprint density at radius 3 is 2.58 bits per heavy atom. The van der Waals surface area contributed by atoms with E-state index in [0.717, 1.165) is 24.5 Å². The molecule has 0 radical (unpaired) electrons. The highest BCUT2D eigenvalue weighted by molar-refractivity contribution is 6.31. The maximum atomic E-state index is 12.1. The lowest BCUT2D eigenvalue weighted by atomic mass is 10.2. The Labute approximate surface area is 148 Å². The second-order valence-electron chi connectivity index (χ2n) is 5.86. The molecule has 0 aliphatic heterocycles. The van der Waals surface area contributed by atoms with Gasteiger partial charge in [-0.15, -0.1) is 0 Å². The molecule has 2 rings (SSSR count). The minimum absolute atomic E-state index is 0.0573. The number of amides is 1. The lowest BCUT2D eigenvalue weighted by Gasteiger charge is -2.25. The summed E-state index contributed by atoms with van der Waals surface area (Å²) in [4.78, 5) is 14.4. The maximum absolute atomic E-state index is 12.1. The molecule has 0 aliphatic rings. The summed E-state index contributed by atoms with van der Waals surface area (Å²) in [5, 5.41) is 7.86. The van der Waals surface area contributed by atoms with E-state index in [2.05, 4.69) is 41.3 Å². The molecule has 1 aromatic carbocycles. The molecule has 1 amide bonds. The molecular formula is C18H25ClN4O. The molecule has 24 heavy (non-hydrogen) atoms. The molecule has 2 aromatic rings. The lowest BCUT2D eigenvalue weighted by molar-refractivity contribution is -0.121. The van der Waals surface area contributed by atoms with E-state index < -0.39 is 0 Å². The van der Waals surface area contributed by atoms with Crippen molar-refractivity contribution in [1.29, 1.82) is 0 Å². The van der Waals surface area contributed by atoms with Crippen molar-refractivity contribution in [3.05, 3.63) is 46.2 Å². The van der Waals surface area contributed by atoms with Crippen molar-refractivity contribution in [3.63, 3.8) is 0 Å². The molecule has 0 fully saturated rings. The number of para-hydroxylation sites is 1. The van der Waals surface area contributed by atoms with Gasteiger partial charge < -0.3 is 10.2 Å².